The standard InChI is InChI=1S/C25H25N5O4S/c1-19(31)29-14-16-30(17-15-29)35(33,34)24-9-5-6-20(18-24)25(32)26-21-10-12-23(13-11-21)28-27-22-7-3-2-4-8-22/h2-13,18H,14-17H2,1H3,(H,26,32). The van der Waals surface area contributed by atoms with Gasteiger partial charge in [-0.15, -0.1) is 0 Å². The van der Waals surface area contributed by atoms with Crippen molar-refractivity contribution in [2.24, 2.45) is 10.2 Å². The van der Waals surface area contributed by atoms with Gasteiger partial charge in [0.2, 0.25) is 15.9 Å². The van der Waals surface area contributed by atoms with E-state index in [4.69, 9.17) is 0 Å². The third-order valence-electron chi connectivity index (χ3n) is 5.58. The van der Waals surface area contributed by atoms with Gasteiger partial charge in [0.15, 0.2) is 0 Å². The second-order valence-electron chi connectivity index (χ2n) is 7.97. The molecule has 0 saturated carbocycles. The molecule has 1 aliphatic heterocycles. The number of amides is 2. The monoisotopic (exact) mass is 491 g/mol. The molecule has 35 heavy (non-hydrogen) atoms. The van der Waals surface area contributed by atoms with Gasteiger partial charge < -0.3 is 10.2 Å². The molecule has 9 nitrogen and oxygen atoms in total. The molecule has 3 aromatic carbocycles. The van der Waals surface area contributed by atoms with Crippen molar-refractivity contribution in [2.45, 2.75) is 11.8 Å². The number of anilines is 1. The summed E-state index contributed by atoms with van der Waals surface area (Å²) in [6, 6.07) is 22.1. The number of nitrogens with zero attached hydrogens (tertiary/aromatic N) is 4. The molecule has 0 bridgehead atoms. The molecule has 1 heterocycles. The van der Waals surface area contributed by atoms with Gasteiger partial charge in [0.1, 0.15) is 0 Å². The first-order valence-corrected chi connectivity index (χ1v) is 12.5. The van der Waals surface area contributed by atoms with Crippen LogP contribution in [0.3, 0.4) is 0 Å². The van der Waals surface area contributed by atoms with Gasteiger partial charge in [-0.05, 0) is 54.6 Å². The lowest BCUT2D eigenvalue weighted by atomic mass is 10.2. The number of rotatable bonds is 6. The average Bonchev–Trinajstić information content (AvgIpc) is 2.89. The summed E-state index contributed by atoms with van der Waals surface area (Å²) >= 11 is 0. The Morgan fingerprint density at radius 1 is 0.800 bits per heavy atom. The molecule has 0 aliphatic carbocycles. The highest BCUT2D eigenvalue weighted by molar-refractivity contribution is 7.89. The summed E-state index contributed by atoms with van der Waals surface area (Å²) in [4.78, 5) is 25.9. The smallest absolute Gasteiger partial charge is 0.255 e. The van der Waals surface area contributed by atoms with Crippen LogP contribution in [-0.4, -0.2) is 55.6 Å². The van der Waals surface area contributed by atoms with E-state index in [2.05, 4.69) is 15.5 Å². The molecule has 1 saturated heterocycles. The average molecular weight is 492 g/mol. The normalized spacial score (nSPS) is 14.7. The van der Waals surface area contributed by atoms with E-state index in [0.29, 0.717) is 24.5 Å². The Balaban J connectivity index is 1.41. The molecular formula is C25H25N5O4S. The van der Waals surface area contributed by atoms with Gasteiger partial charge in [-0.1, -0.05) is 24.3 Å². The fourth-order valence-corrected chi connectivity index (χ4v) is 5.08. The molecule has 0 unspecified atom stereocenters. The maximum Gasteiger partial charge on any atom is 0.255 e. The minimum atomic E-state index is -3.78. The molecule has 2 amide bonds. The first kappa shape index (κ1) is 24.2. The first-order valence-electron chi connectivity index (χ1n) is 11.1. The topological polar surface area (TPSA) is 112 Å². The maximum absolute atomic E-state index is 13.1. The van der Waals surface area contributed by atoms with E-state index in [1.807, 2.05) is 30.3 Å². The van der Waals surface area contributed by atoms with Crippen LogP contribution in [0.5, 0.6) is 0 Å². The second-order valence-corrected chi connectivity index (χ2v) is 9.91. The summed E-state index contributed by atoms with van der Waals surface area (Å²) in [5.41, 5.74) is 2.13. The van der Waals surface area contributed by atoms with Crippen molar-refractivity contribution in [3.63, 3.8) is 0 Å². The van der Waals surface area contributed by atoms with Gasteiger partial charge in [-0.25, -0.2) is 8.42 Å². The third-order valence-corrected chi connectivity index (χ3v) is 7.47. The largest absolute Gasteiger partial charge is 0.340 e. The van der Waals surface area contributed by atoms with Crippen LogP contribution in [0.1, 0.15) is 17.3 Å². The fourth-order valence-electron chi connectivity index (χ4n) is 3.62. The van der Waals surface area contributed by atoms with Crippen molar-refractivity contribution in [3.8, 4) is 0 Å². The first-order chi connectivity index (χ1) is 16.8. The summed E-state index contributed by atoms with van der Waals surface area (Å²) < 4.78 is 27.5. The SMILES string of the molecule is CC(=O)N1CCN(S(=O)(=O)c2cccc(C(=O)Nc3ccc(N=Nc4ccccc4)cc3)c2)CC1. The third kappa shape index (κ3) is 5.97. The molecule has 1 fully saturated rings. The number of benzene rings is 3. The van der Waals surface area contributed by atoms with E-state index in [1.54, 1.807) is 41.3 Å². The fraction of sp³-hybridized carbons (Fsp3) is 0.200. The summed E-state index contributed by atoms with van der Waals surface area (Å²) in [6.45, 7) is 2.58. The lowest BCUT2D eigenvalue weighted by molar-refractivity contribution is -0.129. The molecule has 4 rings (SSSR count). The molecule has 0 aromatic heterocycles. The Kier molecular flexibility index (Phi) is 7.33. The van der Waals surface area contributed by atoms with Crippen LogP contribution < -0.4 is 5.32 Å². The Morgan fingerprint density at radius 3 is 2.06 bits per heavy atom. The van der Waals surface area contributed by atoms with Crippen molar-refractivity contribution in [2.75, 3.05) is 31.5 Å². The Labute approximate surface area is 204 Å². The molecule has 0 atom stereocenters. The summed E-state index contributed by atoms with van der Waals surface area (Å²) in [5.74, 6) is -0.505. The van der Waals surface area contributed by atoms with Crippen molar-refractivity contribution in [3.05, 3.63) is 84.4 Å². The Morgan fingerprint density at radius 2 is 1.43 bits per heavy atom. The highest BCUT2D eigenvalue weighted by Gasteiger charge is 2.29. The van der Waals surface area contributed by atoms with E-state index in [1.165, 1.54) is 23.4 Å². The number of nitrogens with one attached hydrogen (secondary N) is 1. The van der Waals surface area contributed by atoms with Gasteiger partial charge in [0.25, 0.3) is 5.91 Å². The second kappa shape index (κ2) is 10.6. The maximum atomic E-state index is 13.1. The molecule has 10 heteroatoms. The molecular weight excluding hydrogens is 466 g/mol. The number of piperazine rings is 1. The number of azo groups is 1. The van der Waals surface area contributed by atoms with Gasteiger partial charge >= 0.3 is 0 Å². The van der Waals surface area contributed by atoms with E-state index in [-0.39, 0.29) is 29.5 Å². The zero-order chi connectivity index (χ0) is 24.8. The highest BCUT2D eigenvalue weighted by atomic mass is 32.2. The summed E-state index contributed by atoms with van der Waals surface area (Å²) in [7, 11) is -3.78. The van der Waals surface area contributed by atoms with Crippen molar-refractivity contribution >= 4 is 38.9 Å². The van der Waals surface area contributed by atoms with E-state index in [0.717, 1.165) is 5.69 Å². The lowest BCUT2D eigenvalue weighted by Crippen LogP contribution is -2.49. The highest BCUT2D eigenvalue weighted by Crippen LogP contribution is 2.22. The van der Waals surface area contributed by atoms with Crippen LogP contribution in [0.25, 0.3) is 0 Å². The van der Waals surface area contributed by atoms with E-state index >= 15 is 0 Å². The molecule has 1 aliphatic rings. The van der Waals surface area contributed by atoms with Crippen LogP contribution in [0.15, 0.2) is 94.0 Å². The summed E-state index contributed by atoms with van der Waals surface area (Å²) in [6.07, 6.45) is 0. The summed E-state index contributed by atoms with van der Waals surface area (Å²) in [5, 5.41) is 11.1. The molecule has 3 aromatic rings. The van der Waals surface area contributed by atoms with Gasteiger partial charge in [0, 0.05) is 44.4 Å². The predicted molar refractivity (Wildman–Crippen MR) is 132 cm³/mol. The zero-order valence-corrected chi connectivity index (χ0v) is 20.0. The zero-order valence-electron chi connectivity index (χ0n) is 19.2. The molecule has 0 radical (unpaired) electrons. The van der Waals surface area contributed by atoms with E-state index in [9.17, 15) is 18.0 Å². The van der Waals surface area contributed by atoms with Crippen LogP contribution in [-0.2, 0) is 14.8 Å². The van der Waals surface area contributed by atoms with Crippen LogP contribution >= 0.6 is 0 Å². The van der Waals surface area contributed by atoms with Gasteiger partial charge in [0.05, 0.1) is 16.3 Å². The van der Waals surface area contributed by atoms with E-state index < -0.39 is 15.9 Å². The Bertz CT molecular complexity index is 1330. The van der Waals surface area contributed by atoms with Gasteiger partial charge in [-0.2, -0.15) is 14.5 Å². The number of hydrogen-bond acceptors (Lipinski definition) is 6. The molecule has 0 spiro atoms. The number of carbonyl (C=O) groups is 2. The molecule has 1 N–H and O–H groups in total. The van der Waals surface area contributed by atoms with Crippen LogP contribution in [0.2, 0.25) is 0 Å². The van der Waals surface area contributed by atoms with Gasteiger partial charge in [-0.3, -0.25) is 9.59 Å². The minimum Gasteiger partial charge on any atom is -0.340 e. The van der Waals surface area contributed by atoms with Crippen molar-refractivity contribution in [1.29, 1.82) is 0 Å². The van der Waals surface area contributed by atoms with Crippen LogP contribution in [0, 0.1) is 0 Å². The molecule has 180 valence electrons. The predicted octanol–water partition coefficient (Wildman–Crippen LogP) is 4.21. The van der Waals surface area contributed by atoms with Crippen molar-refractivity contribution < 1.29 is 18.0 Å². The lowest BCUT2D eigenvalue weighted by Gasteiger charge is -2.33. The quantitative estimate of drug-likeness (QED) is 0.521. The number of sulfonamides is 1. The van der Waals surface area contributed by atoms with Crippen LogP contribution in [0.4, 0.5) is 17.1 Å². The minimum absolute atomic E-state index is 0.0399. The van der Waals surface area contributed by atoms with Crippen molar-refractivity contribution in [1.82, 2.24) is 9.21 Å². The Hall–Kier alpha value is -3.89. The number of hydrogen-bond donors (Lipinski definition) is 1. The number of carbonyl (C=O) groups excluding carboxylic acids is 2.